The zero-order valence-corrected chi connectivity index (χ0v) is 14.9. The average Bonchev–Trinajstić information content (AvgIpc) is 2.62. The Bertz CT molecular complexity index is 818. The van der Waals surface area contributed by atoms with Gasteiger partial charge in [-0.15, -0.1) is 0 Å². The number of nitrogens with zero attached hydrogens (tertiary/aromatic N) is 2. The van der Waals surface area contributed by atoms with Crippen molar-refractivity contribution >= 4 is 27.3 Å². The normalized spacial score (nSPS) is 16.2. The van der Waals surface area contributed by atoms with Crippen LogP contribution in [0.2, 0.25) is 5.02 Å². The van der Waals surface area contributed by atoms with Gasteiger partial charge in [0.15, 0.2) is 0 Å². The third-order valence-corrected chi connectivity index (χ3v) is 6.27. The number of sulfonamides is 1. The second kappa shape index (κ2) is 7.01. The Morgan fingerprint density at radius 1 is 1.00 bits per heavy atom. The van der Waals surface area contributed by atoms with Crippen molar-refractivity contribution in [3.63, 3.8) is 0 Å². The van der Waals surface area contributed by atoms with Crippen molar-refractivity contribution < 1.29 is 13.2 Å². The van der Waals surface area contributed by atoms with Crippen LogP contribution in [0.25, 0.3) is 0 Å². The molecule has 0 unspecified atom stereocenters. The Kier molecular flexibility index (Phi) is 4.99. The number of anilines is 1. The van der Waals surface area contributed by atoms with Crippen LogP contribution in [0.15, 0.2) is 53.4 Å². The summed E-state index contributed by atoms with van der Waals surface area (Å²) in [6.45, 7) is 2.09. The molecule has 0 aliphatic carbocycles. The van der Waals surface area contributed by atoms with E-state index in [0.717, 1.165) is 5.69 Å². The molecule has 0 saturated carbocycles. The molecule has 1 fully saturated rings. The van der Waals surface area contributed by atoms with E-state index in [4.69, 9.17) is 16.3 Å². The Hall–Kier alpha value is -1.76. The van der Waals surface area contributed by atoms with Gasteiger partial charge >= 0.3 is 0 Å². The average molecular weight is 367 g/mol. The molecule has 7 heteroatoms. The molecule has 0 aromatic heterocycles. The van der Waals surface area contributed by atoms with E-state index < -0.39 is 10.0 Å². The van der Waals surface area contributed by atoms with E-state index in [1.165, 1.54) is 11.4 Å². The van der Waals surface area contributed by atoms with E-state index in [2.05, 4.69) is 4.90 Å². The van der Waals surface area contributed by atoms with Gasteiger partial charge in [0.05, 0.1) is 7.11 Å². The summed E-state index contributed by atoms with van der Waals surface area (Å²) in [6.07, 6.45) is 0. The number of hydrogen-bond acceptors (Lipinski definition) is 4. The fourth-order valence-corrected chi connectivity index (χ4v) is 4.59. The SMILES string of the molecule is COc1ccccc1S(=O)(=O)N1CCN(c2cccc(Cl)c2)CC1. The van der Waals surface area contributed by atoms with Gasteiger partial charge in [-0.25, -0.2) is 8.42 Å². The predicted octanol–water partition coefficient (Wildman–Crippen LogP) is 2.86. The highest BCUT2D eigenvalue weighted by molar-refractivity contribution is 7.89. The molecular weight excluding hydrogens is 348 g/mol. The molecule has 1 aliphatic heterocycles. The molecule has 3 rings (SSSR count). The van der Waals surface area contributed by atoms with Gasteiger partial charge in [-0.2, -0.15) is 4.31 Å². The minimum atomic E-state index is -3.56. The van der Waals surface area contributed by atoms with E-state index in [-0.39, 0.29) is 4.90 Å². The lowest BCUT2D eigenvalue weighted by molar-refractivity contribution is 0.374. The molecule has 0 spiro atoms. The van der Waals surface area contributed by atoms with Crippen molar-refractivity contribution in [2.24, 2.45) is 0 Å². The quantitative estimate of drug-likeness (QED) is 0.834. The molecule has 2 aromatic carbocycles. The van der Waals surface area contributed by atoms with Crippen LogP contribution in [0, 0.1) is 0 Å². The first-order valence-electron chi connectivity index (χ1n) is 7.66. The van der Waals surface area contributed by atoms with Crippen LogP contribution in [0.3, 0.4) is 0 Å². The first kappa shape index (κ1) is 17.1. The lowest BCUT2D eigenvalue weighted by Gasteiger charge is -2.35. The first-order valence-corrected chi connectivity index (χ1v) is 9.48. The summed E-state index contributed by atoms with van der Waals surface area (Å²) in [5, 5.41) is 0.677. The van der Waals surface area contributed by atoms with Crippen molar-refractivity contribution in [2.75, 3.05) is 38.2 Å². The molecule has 1 aliphatic rings. The lowest BCUT2D eigenvalue weighted by Crippen LogP contribution is -2.48. The van der Waals surface area contributed by atoms with Crippen molar-refractivity contribution in [1.29, 1.82) is 0 Å². The second-order valence-corrected chi connectivity index (χ2v) is 7.86. The number of methoxy groups -OCH3 is 1. The maximum Gasteiger partial charge on any atom is 0.246 e. The van der Waals surface area contributed by atoms with Crippen LogP contribution in [0.1, 0.15) is 0 Å². The Labute approximate surface area is 147 Å². The molecule has 24 heavy (non-hydrogen) atoms. The Morgan fingerprint density at radius 3 is 2.38 bits per heavy atom. The zero-order valence-electron chi connectivity index (χ0n) is 13.4. The highest BCUT2D eigenvalue weighted by atomic mass is 35.5. The van der Waals surface area contributed by atoms with Gasteiger partial charge in [0.2, 0.25) is 10.0 Å². The smallest absolute Gasteiger partial charge is 0.246 e. The summed E-state index contributed by atoms with van der Waals surface area (Å²) in [4.78, 5) is 2.35. The number of rotatable bonds is 4. The molecule has 0 radical (unpaired) electrons. The summed E-state index contributed by atoms with van der Waals surface area (Å²) in [7, 11) is -2.09. The summed E-state index contributed by atoms with van der Waals surface area (Å²) in [5.74, 6) is 0.370. The Morgan fingerprint density at radius 2 is 1.71 bits per heavy atom. The van der Waals surface area contributed by atoms with Crippen LogP contribution in [0.4, 0.5) is 5.69 Å². The molecule has 128 valence electrons. The number of piperazine rings is 1. The molecule has 1 heterocycles. The second-order valence-electron chi connectivity index (χ2n) is 5.52. The van der Waals surface area contributed by atoms with Gasteiger partial charge in [-0.3, -0.25) is 0 Å². The molecule has 0 atom stereocenters. The number of para-hydroxylation sites is 1. The maximum atomic E-state index is 12.9. The van der Waals surface area contributed by atoms with Gasteiger partial charge in [-0.1, -0.05) is 29.8 Å². The van der Waals surface area contributed by atoms with E-state index in [1.54, 1.807) is 24.3 Å². The minimum absolute atomic E-state index is 0.212. The van der Waals surface area contributed by atoms with Gasteiger partial charge < -0.3 is 9.64 Å². The van der Waals surface area contributed by atoms with E-state index in [9.17, 15) is 8.42 Å². The maximum absolute atomic E-state index is 12.9. The van der Waals surface area contributed by atoms with Crippen molar-refractivity contribution in [3.8, 4) is 5.75 Å². The van der Waals surface area contributed by atoms with Crippen LogP contribution >= 0.6 is 11.6 Å². The fourth-order valence-electron chi connectivity index (χ4n) is 2.83. The molecule has 2 aromatic rings. The summed E-state index contributed by atoms with van der Waals surface area (Å²) in [5.41, 5.74) is 1.01. The van der Waals surface area contributed by atoms with Gasteiger partial charge in [0.1, 0.15) is 10.6 Å². The monoisotopic (exact) mass is 366 g/mol. The highest BCUT2D eigenvalue weighted by Crippen LogP contribution is 2.28. The van der Waals surface area contributed by atoms with Gasteiger partial charge in [0, 0.05) is 36.9 Å². The lowest BCUT2D eigenvalue weighted by atomic mass is 10.2. The van der Waals surface area contributed by atoms with E-state index >= 15 is 0 Å². The summed E-state index contributed by atoms with van der Waals surface area (Å²) >= 11 is 6.03. The Balaban J connectivity index is 1.76. The van der Waals surface area contributed by atoms with Gasteiger partial charge in [0.25, 0.3) is 0 Å². The van der Waals surface area contributed by atoms with Crippen LogP contribution in [-0.4, -0.2) is 46.0 Å². The standard InChI is InChI=1S/C17H19ClN2O3S/c1-23-16-7-2-3-8-17(16)24(21,22)20-11-9-19(10-12-20)15-6-4-5-14(18)13-15/h2-8,13H,9-12H2,1H3. The van der Waals surface area contributed by atoms with Crippen molar-refractivity contribution in [1.82, 2.24) is 4.31 Å². The van der Waals surface area contributed by atoms with Crippen LogP contribution in [-0.2, 0) is 10.0 Å². The van der Waals surface area contributed by atoms with Crippen LogP contribution in [0.5, 0.6) is 5.75 Å². The summed E-state index contributed by atoms with van der Waals surface area (Å²) < 4.78 is 32.4. The first-order chi connectivity index (χ1) is 11.5. The van der Waals surface area contributed by atoms with Gasteiger partial charge in [-0.05, 0) is 30.3 Å². The number of hydrogen-bond donors (Lipinski definition) is 0. The third-order valence-electron chi connectivity index (χ3n) is 4.10. The number of benzene rings is 2. The minimum Gasteiger partial charge on any atom is -0.495 e. The summed E-state index contributed by atoms with van der Waals surface area (Å²) in [6, 6.07) is 14.3. The fraction of sp³-hybridized carbons (Fsp3) is 0.294. The molecule has 1 saturated heterocycles. The molecule has 0 bridgehead atoms. The van der Waals surface area contributed by atoms with E-state index in [0.29, 0.717) is 37.0 Å². The number of halogens is 1. The van der Waals surface area contributed by atoms with E-state index in [1.807, 2.05) is 24.3 Å². The molecule has 5 nitrogen and oxygen atoms in total. The number of ether oxygens (including phenoxy) is 1. The largest absolute Gasteiger partial charge is 0.495 e. The topological polar surface area (TPSA) is 49.9 Å². The van der Waals surface area contributed by atoms with Crippen molar-refractivity contribution in [3.05, 3.63) is 53.6 Å². The predicted molar refractivity (Wildman–Crippen MR) is 95.4 cm³/mol. The van der Waals surface area contributed by atoms with Crippen LogP contribution < -0.4 is 9.64 Å². The highest BCUT2D eigenvalue weighted by Gasteiger charge is 2.30. The molecule has 0 N–H and O–H groups in total. The molecule has 0 amide bonds. The zero-order chi connectivity index (χ0) is 17.2. The third kappa shape index (κ3) is 3.36. The van der Waals surface area contributed by atoms with Crippen molar-refractivity contribution in [2.45, 2.75) is 4.90 Å². The molecular formula is C17H19ClN2O3S.